The number of piperidine rings is 1. The molecule has 0 radical (unpaired) electrons. The first kappa shape index (κ1) is 19.1. The predicted molar refractivity (Wildman–Crippen MR) is 113 cm³/mol. The van der Waals surface area contributed by atoms with Crippen LogP contribution in [0.15, 0.2) is 42.6 Å². The Morgan fingerprint density at radius 1 is 1.21 bits per heavy atom. The van der Waals surface area contributed by atoms with Crippen LogP contribution in [0.5, 0.6) is 0 Å². The first-order chi connectivity index (χ1) is 13.6. The SMILES string of the molecule is C=CS(=O)(=O)N1CCC(Nc2cc3c(C4=CCCCC4)nccc3cn2)CC1. The Hall–Kier alpha value is -2.25. The average molecular weight is 399 g/mol. The maximum Gasteiger partial charge on any atom is 0.235 e. The van der Waals surface area contributed by atoms with Gasteiger partial charge in [-0.25, -0.2) is 13.4 Å². The molecule has 2 aromatic heterocycles. The second kappa shape index (κ2) is 8.01. The van der Waals surface area contributed by atoms with Crippen LogP contribution < -0.4 is 5.32 Å². The lowest BCUT2D eigenvalue weighted by Gasteiger charge is -2.31. The van der Waals surface area contributed by atoms with E-state index in [1.807, 2.05) is 18.5 Å². The largest absolute Gasteiger partial charge is 0.367 e. The highest BCUT2D eigenvalue weighted by Crippen LogP contribution is 2.31. The predicted octanol–water partition coefficient (Wildman–Crippen LogP) is 3.94. The van der Waals surface area contributed by atoms with Crippen molar-refractivity contribution in [3.05, 3.63) is 48.3 Å². The van der Waals surface area contributed by atoms with E-state index in [1.165, 1.54) is 22.7 Å². The molecule has 1 saturated heterocycles. The molecule has 6 nitrogen and oxygen atoms in total. The topological polar surface area (TPSA) is 75.2 Å². The van der Waals surface area contributed by atoms with Gasteiger partial charge >= 0.3 is 0 Å². The Kier molecular flexibility index (Phi) is 5.46. The Labute approximate surface area is 166 Å². The fourth-order valence-corrected chi connectivity index (χ4v) is 4.95. The van der Waals surface area contributed by atoms with Crippen molar-refractivity contribution in [3.63, 3.8) is 0 Å². The van der Waals surface area contributed by atoms with Crippen LogP contribution in [0.4, 0.5) is 5.82 Å². The van der Waals surface area contributed by atoms with Gasteiger partial charge in [0.2, 0.25) is 10.0 Å². The molecule has 3 heterocycles. The van der Waals surface area contributed by atoms with E-state index >= 15 is 0 Å². The van der Waals surface area contributed by atoms with Gasteiger partial charge in [-0.3, -0.25) is 4.98 Å². The molecule has 0 atom stereocenters. The number of aromatic nitrogens is 2. The third kappa shape index (κ3) is 3.95. The Bertz CT molecular complexity index is 1010. The number of hydrogen-bond donors (Lipinski definition) is 1. The lowest BCUT2D eigenvalue weighted by Crippen LogP contribution is -2.41. The number of allylic oxidation sites excluding steroid dienone is 2. The molecule has 2 aromatic rings. The van der Waals surface area contributed by atoms with Crippen LogP contribution in [0.3, 0.4) is 0 Å². The van der Waals surface area contributed by atoms with Gasteiger partial charge < -0.3 is 5.32 Å². The van der Waals surface area contributed by atoms with Crippen molar-refractivity contribution in [2.24, 2.45) is 0 Å². The molecular formula is C21H26N4O2S. The second-order valence-corrected chi connectivity index (χ2v) is 9.33. The molecule has 0 aromatic carbocycles. The molecule has 148 valence electrons. The van der Waals surface area contributed by atoms with Crippen LogP contribution in [0.2, 0.25) is 0 Å². The highest BCUT2D eigenvalue weighted by atomic mass is 32.2. The molecule has 7 heteroatoms. The first-order valence-corrected chi connectivity index (χ1v) is 11.4. The van der Waals surface area contributed by atoms with E-state index in [9.17, 15) is 8.42 Å². The average Bonchev–Trinajstić information content (AvgIpc) is 2.74. The molecule has 1 fully saturated rings. The summed E-state index contributed by atoms with van der Waals surface area (Å²) in [6, 6.07) is 4.28. The van der Waals surface area contributed by atoms with Crippen LogP contribution in [0.25, 0.3) is 16.3 Å². The molecule has 4 rings (SSSR count). The molecular weight excluding hydrogens is 372 g/mol. The Morgan fingerprint density at radius 3 is 2.75 bits per heavy atom. The zero-order valence-corrected chi connectivity index (χ0v) is 16.8. The quantitative estimate of drug-likeness (QED) is 0.826. The van der Waals surface area contributed by atoms with Crippen molar-refractivity contribution in [1.29, 1.82) is 0 Å². The summed E-state index contributed by atoms with van der Waals surface area (Å²) in [5, 5.41) is 6.73. The molecule has 0 unspecified atom stereocenters. The van der Waals surface area contributed by atoms with E-state index in [2.05, 4.69) is 34.0 Å². The van der Waals surface area contributed by atoms with Crippen molar-refractivity contribution >= 4 is 32.2 Å². The van der Waals surface area contributed by atoms with Crippen LogP contribution in [-0.4, -0.2) is 41.8 Å². The van der Waals surface area contributed by atoms with E-state index < -0.39 is 10.0 Å². The zero-order valence-electron chi connectivity index (χ0n) is 16.0. The lowest BCUT2D eigenvalue weighted by atomic mass is 9.94. The van der Waals surface area contributed by atoms with Gasteiger partial charge in [-0.1, -0.05) is 12.7 Å². The van der Waals surface area contributed by atoms with Gasteiger partial charge in [-0.15, -0.1) is 0 Å². The number of anilines is 1. The van der Waals surface area contributed by atoms with E-state index in [1.54, 1.807) is 0 Å². The van der Waals surface area contributed by atoms with Gasteiger partial charge in [-0.2, -0.15) is 4.31 Å². The van der Waals surface area contributed by atoms with Crippen molar-refractivity contribution in [3.8, 4) is 0 Å². The third-order valence-electron chi connectivity index (χ3n) is 5.62. The lowest BCUT2D eigenvalue weighted by molar-refractivity contribution is 0.333. The summed E-state index contributed by atoms with van der Waals surface area (Å²) in [7, 11) is -3.33. The number of rotatable bonds is 5. The normalized spacial score (nSPS) is 19.4. The third-order valence-corrected chi connectivity index (χ3v) is 7.13. The van der Waals surface area contributed by atoms with E-state index in [-0.39, 0.29) is 6.04 Å². The summed E-state index contributed by atoms with van der Waals surface area (Å²) >= 11 is 0. The molecule has 1 aliphatic heterocycles. The van der Waals surface area contributed by atoms with Crippen LogP contribution in [0.1, 0.15) is 44.2 Å². The summed E-state index contributed by atoms with van der Waals surface area (Å²) in [5.74, 6) is 0.822. The molecule has 2 aliphatic rings. The number of nitrogens with one attached hydrogen (secondary N) is 1. The van der Waals surface area contributed by atoms with Gasteiger partial charge in [0, 0.05) is 47.7 Å². The van der Waals surface area contributed by atoms with Gasteiger partial charge in [-0.05, 0) is 56.2 Å². The summed E-state index contributed by atoms with van der Waals surface area (Å²) in [4.78, 5) is 9.22. The van der Waals surface area contributed by atoms with Crippen molar-refractivity contribution in [2.75, 3.05) is 18.4 Å². The van der Waals surface area contributed by atoms with Gasteiger partial charge in [0.05, 0.1) is 5.69 Å². The van der Waals surface area contributed by atoms with Crippen LogP contribution in [-0.2, 0) is 10.0 Å². The monoisotopic (exact) mass is 398 g/mol. The van der Waals surface area contributed by atoms with Gasteiger partial charge in [0.1, 0.15) is 5.82 Å². The summed E-state index contributed by atoms with van der Waals surface area (Å²) in [6.07, 6.45) is 12.2. The minimum atomic E-state index is -3.33. The van der Waals surface area contributed by atoms with E-state index in [0.29, 0.717) is 13.1 Å². The Balaban J connectivity index is 1.52. The summed E-state index contributed by atoms with van der Waals surface area (Å²) in [6.45, 7) is 4.40. The smallest absolute Gasteiger partial charge is 0.235 e. The van der Waals surface area contributed by atoms with Crippen LogP contribution in [0, 0.1) is 0 Å². The number of hydrogen-bond acceptors (Lipinski definition) is 5. The van der Waals surface area contributed by atoms with E-state index in [0.717, 1.165) is 53.4 Å². The molecule has 1 aliphatic carbocycles. The molecule has 28 heavy (non-hydrogen) atoms. The van der Waals surface area contributed by atoms with Gasteiger partial charge in [0.15, 0.2) is 0 Å². The number of nitrogens with zero attached hydrogens (tertiary/aromatic N) is 3. The van der Waals surface area contributed by atoms with Gasteiger partial charge in [0.25, 0.3) is 0 Å². The van der Waals surface area contributed by atoms with Crippen molar-refractivity contribution < 1.29 is 8.42 Å². The molecule has 0 bridgehead atoms. The van der Waals surface area contributed by atoms with Crippen molar-refractivity contribution in [1.82, 2.24) is 14.3 Å². The molecule has 0 spiro atoms. The zero-order chi connectivity index (χ0) is 19.6. The fourth-order valence-electron chi connectivity index (χ4n) is 4.02. The first-order valence-electron chi connectivity index (χ1n) is 9.90. The maximum atomic E-state index is 11.9. The summed E-state index contributed by atoms with van der Waals surface area (Å²) in [5.41, 5.74) is 2.39. The minimum Gasteiger partial charge on any atom is -0.367 e. The summed E-state index contributed by atoms with van der Waals surface area (Å²) < 4.78 is 25.3. The number of sulfonamides is 1. The maximum absolute atomic E-state index is 11.9. The number of fused-ring (bicyclic) bond motifs is 1. The second-order valence-electron chi connectivity index (χ2n) is 7.45. The fraction of sp³-hybridized carbons (Fsp3) is 0.429. The minimum absolute atomic E-state index is 0.204. The van der Waals surface area contributed by atoms with Crippen LogP contribution >= 0.6 is 0 Å². The molecule has 0 amide bonds. The standard InChI is InChI=1S/C21H26N4O2S/c1-2-28(26,27)25-12-9-18(10-13-25)24-20-14-19-17(15-23-20)8-11-22-21(19)16-6-4-3-5-7-16/h2,6,8,11,14-15,18H,1,3-5,7,9-10,12-13H2,(H,23,24). The molecule has 1 N–H and O–H groups in total. The highest BCUT2D eigenvalue weighted by molar-refractivity contribution is 7.92. The van der Waals surface area contributed by atoms with E-state index in [4.69, 9.17) is 0 Å². The highest BCUT2D eigenvalue weighted by Gasteiger charge is 2.26. The molecule has 0 saturated carbocycles. The number of pyridine rings is 2. The Morgan fingerprint density at radius 2 is 2.04 bits per heavy atom. The van der Waals surface area contributed by atoms with Crippen molar-refractivity contribution in [2.45, 2.75) is 44.6 Å².